The van der Waals surface area contributed by atoms with Gasteiger partial charge in [-0.25, -0.2) is 0 Å². The van der Waals surface area contributed by atoms with Gasteiger partial charge in [0.1, 0.15) is 6.61 Å². The van der Waals surface area contributed by atoms with Crippen LogP contribution in [0.25, 0.3) is 0 Å². The third-order valence-corrected chi connectivity index (χ3v) is 3.74. The molecule has 1 aromatic carbocycles. The summed E-state index contributed by atoms with van der Waals surface area (Å²) in [6.45, 7) is 2.54. The van der Waals surface area contributed by atoms with Gasteiger partial charge in [-0.15, -0.1) is 0 Å². The molecule has 1 aromatic rings. The van der Waals surface area contributed by atoms with E-state index < -0.39 is 0 Å². The zero-order valence-electron chi connectivity index (χ0n) is 12.2. The summed E-state index contributed by atoms with van der Waals surface area (Å²) in [5.41, 5.74) is 1.24. The van der Waals surface area contributed by atoms with E-state index in [0.717, 1.165) is 32.4 Å². The molecule has 0 radical (unpaired) electrons. The molecule has 1 heterocycles. The average Bonchev–Trinajstić information content (AvgIpc) is 2.93. The summed E-state index contributed by atoms with van der Waals surface area (Å²) in [6, 6.07) is 10.5. The maximum Gasteiger partial charge on any atom is 0.248 e. The highest BCUT2D eigenvalue weighted by molar-refractivity contribution is 5.78. The van der Waals surface area contributed by atoms with Crippen LogP contribution >= 0.6 is 0 Å². The monoisotopic (exact) mass is 276 g/mol. The molecule has 1 unspecified atom stereocenters. The van der Waals surface area contributed by atoms with Crippen molar-refractivity contribution in [1.29, 1.82) is 0 Å². The molecule has 1 amide bonds. The quantitative estimate of drug-likeness (QED) is 0.767. The van der Waals surface area contributed by atoms with Crippen LogP contribution in [-0.2, 0) is 16.0 Å². The zero-order valence-corrected chi connectivity index (χ0v) is 12.2. The van der Waals surface area contributed by atoms with E-state index in [4.69, 9.17) is 4.74 Å². The van der Waals surface area contributed by atoms with Gasteiger partial charge in [0.2, 0.25) is 5.91 Å². The molecule has 1 atom stereocenters. The van der Waals surface area contributed by atoms with Gasteiger partial charge in [0.25, 0.3) is 0 Å². The van der Waals surface area contributed by atoms with Crippen LogP contribution in [0.1, 0.15) is 18.4 Å². The van der Waals surface area contributed by atoms with E-state index in [1.54, 1.807) is 0 Å². The summed E-state index contributed by atoms with van der Waals surface area (Å²) >= 11 is 0. The Bertz CT molecular complexity index is 408. The molecule has 1 fully saturated rings. The molecule has 1 aliphatic rings. The van der Waals surface area contributed by atoms with Gasteiger partial charge in [-0.05, 0) is 31.9 Å². The lowest BCUT2D eigenvalue weighted by molar-refractivity contribution is -0.136. The number of nitrogens with one attached hydrogen (secondary N) is 1. The van der Waals surface area contributed by atoms with Crippen LogP contribution in [0.5, 0.6) is 0 Å². The number of amides is 1. The lowest BCUT2D eigenvalue weighted by atomic mass is 10.2. The fourth-order valence-electron chi connectivity index (χ4n) is 2.69. The van der Waals surface area contributed by atoms with Crippen molar-refractivity contribution < 1.29 is 9.53 Å². The number of hydrogen-bond donors (Lipinski definition) is 1. The van der Waals surface area contributed by atoms with Gasteiger partial charge in [0, 0.05) is 19.1 Å². The first-order valence-corrected chi connectivity index (χ1v) is 7.37. The van der Waals surface area contributed by atoms with Crippen molar-refractivity contribution in [3.63, 3.8) is 0 Å². The maximum absolute atomic E-state index is 12.1. The Morgan fingerprint density at radius 3 is 2.95 bits per heavy atom. The normalized spacial score (nSPS) is 18.4. The summed E-state index contributed by atoms with van der Waals surface area (Å²) in [7, 11) is 1.93. The summed E-state index contributed by atoms with van der Waals surface area (Å²) in [5.74, 6) is 0.121. The van der Waals surface area contributed by atoms with E-state index in [9.17, 15) is 4.79 Å². The largest absolute Gasteiger partial charge is 0.371 e. The Morgan fingerprint density at radius 2 is 2.20 bits per heavy atom. The number of ether oxygens (including phenoxy) is 1. The highest BCUT2D eigenvalue weighted by Crippen LogP contribution is 2.16. The van der Waals surface area contributed by atoms with Crippen molar-refractivity contribution in [2.24, 2.45) is 0 Å². The molecule has 0 aliphatic carbocycles. The number of hydrogen-bond acceptors (Lipinski definition) is 3. The number of carbonyl (C=O) groups excluding carboxylic acids is 1. The Kier molecular flexibility index (Phi) is 6.02. The molecule has 110 valence electrons. The lowest BCUT2D eigenvalue weighted by Gasteiger charge is -2.24. The molecule has 0 aromatic heterocycles. The predicted octanol–water partition coefficient (Wildman–Crippen LogP) is 1.46. The van der Waals surface area contributed by atoms with Crippen molar-refractivity contribution >= 4 is 5.91 Å². The zero-order chi connectivity index (χ0) is 14.2. The van der Waals surface area contributed by atoms with Crippen molar-refractivity contribution in [2.75, 3.05) is 33.4 Å². The highest BCUT2D eigenvalue weighted by atomic mass is 16.5. The van der Waals surface area contributed by atoms with Crippen LogP contribution in [0.3, 0.4) is 0 Å². The maximum atomic E-state index is 12.1. The van der Waals surface area contributed by atoms with Gasteiger partial charge in [-0.1, -0.05) is 30.3 Å². The Hall–Kier alpha value is -1.39. The Balaban J connectivity index is 1.67. The molecule has 1 saturated heterocycles. The second-order valence-electron chi connectivity index (χ2n) is 5.23. The summed E-state index contributed by atoms with van der Waals surface area (Å²) in [6.07, 6.45) is 3.05. The van der Waals surface area contributed by atoms with Gasteiger partial charge >= 0.3 is 0 Å². The van der Waals surface area contributed by atoms with E-state index >= 15 is 0 Å². The van der Waals surface area contributed by atoms with Crippen molar-refractivity contribution in [3.05, 3.63) is 35.9 Å². The van der Waals surface area contributed by atoms with Crippen LogP contribution in [0.15, 0.2) is 30.3 Å². The smallest absolute Gasteiger partial charge is 0.248 e. The van der Waals surface area contributed by atoms with Crippen molar-refractivity contribution in [1.82, 2.24) is 10.2 Å². The SMILES string of the molecule is CNCC1CCCN1C(=O)COCCc1ccccc1. The minimum Gasteiger partial charge on any atom is -0.371 e. The van der Waals surface area contributed by atoms with Crippen molar-refractivity contribution in [3.8, 4) is 0 Å². The van der Waals surface area contributed by atoms with E-state index in [0.29, 0.717) is 12.6 Å². The van der Waals surface area contributed by atoms with Crippen LogP contribution in [0, 0.1) is 0 Å². The Labute approximate surface area is 121 Å². The van der Waals surface area contributed by atoms with E-state index in [-0.39, 0.29) is 12.5 Å². The molecule has 4 heteroatoms. The molecular formula is C16H24N2O2. The number of rotatable bonds is 7. The highest BCUT2D eigenvalue weighted by Gasteiger charge is 2.27. The number of carbonyl (C=O) groups is 1. The van der Waals surface area contributed by atoms with E-state index in [2.05, 4.69) is 17.4 Å². The fraction of sp³-hybridized carbons (Fsp3) is 0.562. The van der Waals surface area contributed by atoms with Crippen LogP contribution < -0.4 is 5.32 Å². The van der Waals surface area contributed by atoms with Crippen LogP contribution in [0.2, 0.25) is 0 Å². The molecule has 2 rings (SSSR count). The molecule has 0 spiro atoms. The third-order valence-electron chi connectivity index (χ3n) is 3.74. The average molecular weight is 276 g/mol. The molecule has 4 nitrogen and oxygen atoms in total. The summed E-state index contributed by atoms with van der Waals surface area (Å²) in [4.78, 5) is 14.1. The second kappa shape index (κ2) is 8.02. The first kappa shape index (κ1) is 15.0. The Morgan fingerprint density at radius 1 is 1.40 bits per heavy atom. The van der Waals surface area contributed by atoms with Gasteiger partial charge in [0.15, 0.2) is 0 Å². The topological polar surface area (TPSA) is 41.6 Å². The summed E-state index contributed by atoms with van der Waals surface area (Å²) < 4.78 is 5.53. The third kappa shape index (κ3) is 4.32. The molecule has 1 N–H and O–H groups in total. The van der Waals surface area contributed by atoms with Gasteiger partial charge in [-0.2, -0.15) is 0 Å². The first-order valence-electron chi connectivity index (χ1n) is 7.37. The molecular weight excluding hydrogens is 252 g/mol. The van der Waals surface area contributed by atoms with Crippen LogP contribution in [0.4, 0.5) is 0 Å². The van der Waals surface area contributed by atoms with Crippen molar-refractivity contribution in [2.45, 2.75) is 25.3 Å². The second-order valence-corrected chi connectivity index (χ2v) is 5.23. The number of likely N-dealkylation sites (N-methyl/N-ethyl adjacent to an activating group) is 1. The molecule has 20 heavy (non-hydrogen) atoms. The number of likely N-dealkylation sites (tertiary alicyclic amines) is 1. The first-order chi connectivity index (χ1) is 9.81. The molecule has 0 bridgehead atoms. The minimum atomic E-state index is 0.121. The van der Waals surface area contributed by atoms with Gasteiger partial charge < -0.3 is 15.0 Å². The van der Waals surface area contributed by atoms with Crippen LogP contribution in [-0.4, -0.2) is 50.2 Å². The molecule has 0 saturated carbocycles. The summed E-state index contributed by atoms with van der Waals surface area (Å²) in [5, 5.41) is 3.15. The lowest BCUT2D eigenvalue weighted by Crippen LogP contribution is -2.42. The predicted molar refractivity (Wildman–Crippen MR) is 79.6 cm³/mol. The van der Waals surface area contributed by atoms with Gasteiger partial charge in [0.05, 0.1) is 6.61 Å². The molecule has 1 aliphatic heterocycles. The fourth-order valence-corrected chi connectivity index (χ4v) is 2.69. The van der Waals surface area contributed by atoms with E-state index in [1.807, 2.05) is 30.1 Å². The number of nitrogens with zero attached hydrogens (tertiary/aromatic N) is 1. The standard InChI is InChI=1S/C16H24N2O2/c1-17-12-15-8-5-10-18(15)16(19)13-20-11-9-14-6-3-2-4-7-14/h2-4,6-7,15,17H,5,8-13H2,1H3. The van der Waals surface area contributed by atoms with E-state index in [1.165, 1.54) is 5.56 Å². The number of benzene rings is 1. The van der Waals surface area contributed by atoms with Gasteiger partial charge in [-0.3, -0.25) is 4.79 Å². The minimum absolute atomic E-state index is 0.121.